The predicted octanol–water partition coefficient (Wildman–Crippen LogP) is 0.335. The average molecular weight is 350 g/mol. The van der Waals surface area contributed by atoms with Crippen LogP contribution < -0.4 is 15.8 Å². The van der Waals surface area contributed by atoms with Crippen molar-refractivity contribution in [1.29, 1.82) is 0 Å². The van der Waals surface area contributed by atoms with Gasteiger partial charge in [-0.2, -0.15) is 0 Å². The number of amides is 1. The first kappa shape index (κ1) is 13.9. The molecular formula is C10H15IN4O2. The van der Waals surface area contributed by atoms with Gasteiger partial charge in [-0.25, -0.2) is 4.98 Å². The molecule has 0 unspecified atom stereocenters. The number of halogens is 1. The fourth-order valence-electron chi connectivity index (χ4n) is 1.30. The third-order valence-corrected chi connectivity index (χ3v) is 2.94. The molecule has 0 bridgehead atoms. The van der Waals surface area contributed by atoms with Gasteiger partial charge in [0.15, 0.2) is 0 Å². The molecule has 1 rings (SSSR count). The summed E-state index contributed by atoms with van der Waals surface area (Å²) in [5, 5.41) is 2.78. The Labute approximate surface area is 113 Å². The van der Waals surface area contributed by atoms with Crippen LogP contribution in [-0.4, -0.2) is 35.5 Å². The minimum absolute atomic E-state index is 0.0969. The average Bonchev–Trinajstić information content (AvgIpc) is 2.20. The quantitative estimate of drug-likeness (QED) is 0.768. The van der Waals surface area contributed by atoms with Crippen LogP contribution in [0.1, 0.15) is 13.8 Å². The maximum Gasteiger partial charge on any atom is 0.266 e. The molecule has 0 aliphatic rings. The van der Waals surface area contributed by atoms with Gasteiger partial charge < -0.3 is 15.2 Å². The number of carbonyl (C=O) groups is 1. The Kier molecular flexibility index (Phi) is 4.91. The normalized spacial score (nSPS) is 10.4. The zero-order chi connectivity index (χ0) is 13.0. The number of aromatic nitrogens is 2. The summed E-state index contributed by atoms with van der Waals surface area (Å²) in [5.41, 5.74) is -0.202. The van der Waals surface area contributed by atoms with Gasteiger partial charge in [-0.15, -0.1) is 0 Å². The largest absolute Gasteiger partial charge is 0.352 e. The topological polar surface area (TPSA) is 78.1 Å². The number of anilines is 1. The molecule has 1 aromatic heterocycles. The summed E-state index contributed by atoms with van der Waals surface area (Å²) in [5.74, 6) is 0.411. The molecular weight excluding hydrogens is 335 g/mol. The molecule has 0 saturated heterocycles. The van der Waals surface area contributed by atoms with Crippen molar-refractivity contribution in [2.45, 2.75) is 19.9 Å². The lowest BCUT2D eigenvalue weighted by Gasteiger charge is -2.19. The maximum absolute atomic E-state index is 11.6. The monoisotopic (exact) mass is 350 g/mol. The second-order valence-corrected chi connectivity index (χ2v) is 5.03. The van der Waals surface area contributed by atoms with Crippen molar-refractivity contribution in [1.82, 2.24) is 15.3 Å². The fraction of sp³-hybridized carbons (Fsp3) is 0.500. The van der Waals surface area contributed by atoms with Crippen molar-refractivity contribution in [3.8, 4) is 0 Å². The molecule has 6 nitrogen and oxygen atoms in total. The van der Waals surface area contributed by atoms with Crippen LogP contribution in [-0.2, 0) is 4.79 Å². The van der Waals surface area contributed by atoms with Gasteiger partial charge in [0, 0.05) is 13.1 Å². The van der Waals surface area contributed by atoms with Crippen LogP contribution in [0.5, 0.6) is 0 Å². The van der Waals surface area contributed by atoms with Gasteiger partial charge in [-0.05, 0) is 36.4 Å². The number of nitrogens with one attached hydrogen (secondary N) is 2. The number of rotatable bonds is 4. The summed E-state index contributed by atoms with van der Waals surface area (Å²) < 4.78 is 0.477. The Morgan fingerprint density at radius 3 is 2.88 bits per heavy atom. The zero-order valence-corrected chi connectivity index (χ0v) is 12.1. The molecule has 0 saturated carbocycles. The molecule has 0 spiro atoms. The van der Waals surface area contributed by atoms with Crippen molar-refractivity contribution in [2.75, 3.05) is 18.5 Å². The fourth-order valence-corrected chi connectivity index (χ4v) is 2.00. The highest BCUT2D eigenvalue weighted by atomic mass is 127. The van der Waals surface area contributed by atoms with Crippen molar-refractivity contribution < 1.29 is 4.79 Å². The van der Waals surface area contributed by atoms with E-state index >= 15 is 0 Å². The van der Waals surface area contributed by atoms with Crippen LogP contribution in [0.2, 0.25) is 0 Å². The summed E-state index contributed by atoms with van der Waals surface area (Å²) in [6.07, 6.45) is 1.33. The highest BCUT2D eigenvalue weighted by molar-refractivity contribution is 14.1. The summed E-state index contributed by atoms with van der Waals surface area (Å²) in [7, 11) is 1.73. The Balaban J connectivity index is 2.77. The maximum atomic E-state index is 11.6. The van der Waals surface area contributed by atoms with E-state index in [0.717, 1.165) is 0 Å². The zero-order valence-electron chi connectivity index (χ0n) is 9.95. The Hall–Kier alpha value is -1.12. The van der Waals surface area contributed by atoms with Crippen LogP contribution >= 0.6 is 22.6 Å². The number of hydrogen-bond donors (Lipinski definition) is 2. The van der Waals surface area contributed by atoms with E-state index in [9.17, 15) is 9.59 Å². The highest BCUT2D eigenvalue weighted by Crippen LogP contribution is 2.12. The molecule has 0 aliphatic carbocycles. The van der Waals surface area contributed by atoms with Crippen LogP contribution in [0, 0.1) is 3.57 Å². The number of H-pyrrole nitrogens is 1. The molecule has 94 valence electrons. The van der Waals surface area contributed by atoms with Gasteiger partial charge in [0.1, 0.15) is 9.39 Å². The summed E-state index contributed by atoms with van der Waals surface area (Å²) >= 11 is 1.91. The summed E-state index contributed by atoms with van der Waals surface area (Å²) in [6, 6.07) is 0.0992. The molecule has 1 amide bonds. The lowest BCUT2D eigenvalue weighted by atomic mass is 10.4. The van der Waals surface area contributed by atoms with E-state index in [2.05, 4.69) is 15.3 Å². The molecule has 17 heavy (non-hydrogen) atoms. The minimum atomic E-state index is -0.202. The standard InChI is InChI=1S/C10H15IN4O2/c1-6(2)14-7(16)4-15(3)9-8(11)10(17)13-5-12-9/h5-6H,4H2,1-3H3,(H,14,16)(H,12,13,17). The first-order chi connectivity index (χ1) is 7.91. The number of carbonyl (C=O) groups excluding carboxylic acids is 1. The Bertz CT molecular complexity index is 458. The van der Waals surface area contributed by atoms with E-state index in [1.807, 2.05) is 36.4 Å². The van der Waals surface area contributed by atoms with E-state index in [1.54, 1.807) is 11.9 Å². The smallest absolute Gasteiger partial charge is 0.266 e. The van der Waals surface area contributed by atoms with Gasteiger partial charge in [0.05, 0.1) is 12.9 Å². The second-order valence-electron chi connectivity index (χ2n) is 3.95. The molecule has 2 N–H and O–H groups in total. The molecule has 0 radical (unpaired) electrons. The predicted molar refractivity (Wildman–Crippen MR) is 74.1 cm³/mol. The molecule has 0 aliphatic heterocycles. The van der Waals surface area contributed by atoms with Crippen molar-refractivity contribution in [3.05, 3.63) is 20.3 Å². The first-order valence-electron chi connectivity index (χ1n) is 5.15. The Morgan fingerprint density at radius 2 is 2.29 bits per heavy atom. The number of nitrogens with zero attached hydrogens (tertiary/aromatic N) is 2. The van der Waals surface area contributed by atoms with Crippen molar-refractivity contribution >= 4 is 34.3 Å². The lowest BCUT2D eigenvalue weighted by molar-refractivity contribution is -0.120. The number of likely N-dealkylation sites (N-methyl/N-ethyl adjacent to an activating group) is 1. The third kappa shape index (κ3) is 3.99. The number of aromatic amines is 1. The van der Waals surface area contributed by atoms with Crippen LogP contribution in [0.3, 0.4) is 0 Å². The minimum Gasteiger partial charge on any atom is -0.352 e. The van der Waals surface area contributed by atoms with Gasteiger partial charge in [0.25, 0.3) is 5.56 Å². The van der Waals surface area contributed by atoms with Crippen LogP contribution in [0.4, 0.5) is 5.82 Å². The first-order valence-corrected chi connectivity index (χ1v) is 6.23. The summed E-state index contributed by atoms with van der Waals surface area (Å²) in [4.78, 5) is 31.1. The molecule has 0 aromatic carbocycles. The lowest BCUT2D eigenvalue weighted by Crippen LogP contribution is -2.39. The van der Waals surface area contributed by atoms with Crippen molar-refractivity contribution in [3.63, 3.8) is 0 Å². The molecule has 1 heterocycles. The van der Waals surface area contributed by atoms with Gasteiger partial charge >= 0.3 is 0 Å². The van der Waals surface area contributed by atoms with E-state index in [0.29, 0.717) is 9.39 Å². The SMILES string of the molecule is CC(C)NC(=O)CN(C)c1nc[nH]c(=O)c1I. The van der Waals surface area contributed by atoms with Crippen molar-refractivity contribution in [2.24, 2.45) is 0 Å². The van der Waals surface area contributed by atoms with E-state index in [-0.39, 0.29) is 24.1 Å². The molecule has 0 fully saturated rings. The van der Waals surface area contributed by atoms with E-state index in [4.69, 9.17) is 0 Å². The number of hydrogen-bond acceptors (Lipinski definition) is 4. The molecule has 0 atom stereocenters. The Morgan fingerprint density at radius 1 is 1.65 bits per heavy atom. The van der Waals surface area contributed by atoms with E-state index in [1.165, 1.54) is 6.33 Å². The molecule has 1 aromatic rings. The third-order valence-electron chi connectivity index (χ3n) is 1.97. The van der Waals surface area contributed by atoms with Crippen LogP contribution in [0.15, 0.2) is 11.1 Å². The van der Waals surface area contributed by atoms with E-state index < -0.39 is 0 Å². The summed E-state index contributed by atoms with van der Waals surface area (Å²) in [6.45, 7) is 3.96. The van der Waals surface area contributed by atoms with Crippen LogP contribution in [0.25, 0.3) is 0 Å². The van der Waals surface area contributed by atoms with Gasteiger partial charge in [-0.3, -0.25) is 9.59 Å². The molecule has 7 heteroatoms. The van der Waals surface area contributed by atoms with Gasteiger partial charge in [0.2, 0.25) is 5.91 Å². The van der Waals surface area contributed by atoms with Gasteiger partial charge in [-0.1, -0.05) is 0 Å². The highest BCUT2D eigenvalue weighted by Gasteiger charge is 2.13. The second kappa shape index (κ2) is 5.99.